The zero-order chi connectivity index (χ0) is 30.9. The number of carbonyl (C=O) groups is 3. The lowest BCUT2D eigenvalue weighted by Crippen LogP contribution is -2.58. The van der Waals surface area contributed by atoms with Crippen LogP contribution in [-0.2, 0) is 29.2 Å². The van der Waals surface area contributed by atoms with Crippen LogP contribution in [0.1, 0.15) is 104 Å². The predicted octanol–water partition coefficient (Wildman–Crippen LogP) is 4.20. The number of ether oxygens (including phenoxy) is 1. The van der Waals surface area contributed by atoms with Gasteiger partial charge in [-0.2, -0.15) is 8.42 Å². The molecule has 0 heterocycles. The van der Waals surface area contributed by atoms with Gasteiger partial charge in [-0.1, -0.05) is 20.8 Å². The van der Waals surface area contributed by atoms with Crippen LogP contribution in [0, 0.1) is 46.3 Å². The average Bonchev–Trinajstić information content (AvgIpc) is 3.24. The van der Waals surface area contributed by atoms with Gasteiger partial charge in [-0.3, -0.25) is 18.9 Å². The number of nitrogens with one attached hydrogen (secondary N) is 1. The van der Waals surface area contributed by atoms with E-state index in [0.29, 0.717) is 36.0 Å². The molecular formula is C31H51NO9S. The summed E-state index contributed by atoms with van der Waals surface area (Å²) in [4.78, 5) is 35.4. The van der Waals surface area contributed by atoms with Gasteiger partial charge in [-0.15, -0.1) is 0 Å². The van der Waals surface area contributed by atoms with Crippen LogP contribution in [0.3, 0.4) is 0 Å². The van der Waals surface area contributed by atoms with Crippen LogP contribution in [0.4, 0.5) is 0 Å². The molecule has 1 amide bonds. The Morgan fingerprint density at radius 3 is 2.36 bits per heavy atom. The summed E-state index contributed by atoms with van der Waals surface area (Å²) in [5.41, 5.74) is 0.205. The van der Waals surface area contributed by atoms with E-state index in [-0.39, 0.29) is 66.6 Å². The van der Waals surface area contributed by atoms with Gasteiger partial charge >= 0.3 is 11.9 Å². The Labute approximate surface area is 250 Å². The fourth-order valence-corrected chi connectivity index (χ4v) is 10.2. The summed E-state index contributed by atoms with van der Waals surface area (Å²) in [5.74, 6) is 0.279. The van der Waals surface area contributed by atoms with Crippen molar-refractivity contribution < 1.29 is 42.3 Å². The van der Waals surface area contributed by atoms with E-state index in [1.54, 1.807) is 0 Å². The fourth-order valence-electron chi connectivity index (χ4n) is 9.86. The molecule has 0 bridgehead atoms. The highest BCUT2D eigenvalue weighted by atomic mass is 32.2. The highest BCUT2D eigenvalue weighted by molar-refractivity contribution is 7.85. The lowest BCUT2D eigenvalue weighted by Gasteiger charge is -2.62. The Balaban J connectivity index is 1.34. The van der Waals surface area contributed by atoms with Crippen molar-refractivity contribution in [3.05, 3.63) is 0 Å². The molecule has 4 saturated carbocycles. The largest absolute Gasteiger partial charge is 0.481 e. The van der Waals surface area contributed by atoms with Gasteiger partial charge in [0.1, 0.15) is 6.10 Å². The van der Waals surface area contributed by atoms with E-state index in [4.69, 9.17) is 14.4 Å². The maximum absolute atomic E-state index is 12.3. The molecule has 10 nitrogen and oxygen atoms in total. The number of aliphatic hydroxyl groups is 1. The minimum atomic E-state index is -4.10. The van der Waals surface area contributed by atoms with Gasteiger partial charge in [-0.05, 0) is 111 Å². The maximum Gasteiger partial charge on any atom is 0.306 e. The Bertz CT molecular complexity index is 1110. The summed E-state index contributed by atoms with van der Waals surface area (Å²) in [7, 11) is -4.10. The van der Waals surface area contributed by atoms with Crippen molar-refractivity contribution in [2.45, 2.75) is 116 Å². The smallest absolute Gasteiger partial charge is 0.306 e. The molecule has 0 aliphatic heterocycles. The van der Waals surface area contributed by atoms with Crippen molar-refractivity contribution in [1.82, 2.24) is 5.32 Å². The number of esters is 1. The molecule has 4 fully saturated rings. The highest BCUT2D eigenvalue weighted by Crippen LogP contribution is 2.68. The second-order valence-corrected chi connectivity index (χ2v) is 15.9. The molecule has 0 radical (unpaired) electrons. The van der Waals surface area contributed by atoms with Crippen molar-refractivity contribution in [2.75, 3.05) is 12.3 Å². The van der Waals surface area contributed by atoms with Crippen molar-refractivity contribution in [1.29, 1.82) is 0 Å². The highest BCUT2D eigenvalue weighted by Gasteiger charge is 2.63. The number of hydrogen-bond donors (Lipinski definition) is 4. The summed E-state index contributed by atoms with van der Waals surface area (Å²) in [6, 6.07) is 0. The molecule has 0 aromatic rings. The van der Waals surface area contributed by atoms with E-state index in [1.165, 1.54) is 0 Å². The Morgan fingerprint density at radius 1 is 0.976 bits per heavy atom. The van der Waals surface area contributed by atoms with E-state index in [0.717, 1.165) is 57.8 Å². The van der Waals surface area contributed by atoms with Crippen LogP contribution in [0.25, 0.3) is 0 Å². The van der Waals surface area contributed by atoms with Gasteiger partial charge in [0.15, 0.2) is 0 Å². The Morgan fingerprint density at radius 2 is 1.67 bits per heavy atom. The molecule has 4 N–H and O–H groups in total. The number of amides is 1. The van der Waals surface area contributed by atoms with Crippen LogP contribution in [0.15, 0.2) is 0 Å². The van der Waals surface area contributed by atoms with Gasteiger partial charge in [0.2, 0.25) is 5.91 Å². The molecule has 0 spiro atoms. The molecule has 4 rings (SSSR count). The van der Waals surface area contributed by atoms with Gasteiger partial charge in [-0.25, -0.2) is 0 Å². The number of hydrogen-bond acceptors (Lipinski definition) is 7. The van der Waals surface area contributed by atoms with Crippen molar-refractivity contribution >= 4 is 28.0 Å². The Hall–Kier alpha value is -1.72. The standard InChI is InChI=1S/C31H51NO9S/c1-19(7-10-26(34)32-15-16-42(38,39)40)22-8-9-23-29-24(12-14-31(22,23)3)30(2)13-11-21(17-20(30)18-25(29)33)41-28(37)6-4-5-27(35)36/h19-25,29,33H,4-18H2,1-3H3,(H,32,34)(H,35,36)(H,38,39,40)/t19-,20?,21-,22-,23+,24+,25+,29?,30+,31-/m1/s1. The third-order valence-electron chi connectivity index (χ3n) is 12.0. The molecule has 10 atom stereocenters. The molecule has 4 aliphatic carbocycles. The molecule has 0 aromatic carbocycles. The summed E-state index contributed by atoms with van der Waals surface area (Å²) in [6.07, 6.45) is 8.47. The monoisotopic (exact) mass is 613 g/mol. The zero-order valence-electron chi connectivity index (χ0n) is 25.4. The second kappa shape index (κ2) is 13.1. The number of aliphatic hydroxyl groups excluding tert-OH is 1. The second-order valence-electron chi connectivity index (χ2n) is 14.3. The van der Waals surface area contributed by atoms with Crippen LogP contribution in [0.5, 0.6) is 0 Å². The molecule has 2 unspecified atom stereocenters. The average molecular weight is 614 g/mol. The van der Waals surface area contributed by atoms with E-state index in [9.17, 15) is 27.9 Å². The molecule has 4 aliphatic rings. The molecule has 0 saturated heterocycles. The predicted molar refractivity (Wildman–Crippen MR) is 156 cm³/mol. The Kier molecular flexibility index (Phi) is 10.4. The minimum absolute atomic E-state index is 0.0372. The van der Waals surface area contributed by atoms with Crippen molar-refractivity contribution in [2.24, 2.45) is 46.3 Å². The zero-order valence-corrected chi connectivity index (χ0v) is 26.2. The third kappa shape index (κ3) is 7.32. The van der Waals surface area contributed by atoms with Crippen molar-refractivity contribution in [3.63, 3.8) is 0 Å². The summed E-state index contributed by atoms with van der Waals surface area (Å²) in [5, 5.41) is 23.0. The third-order valence-corrected chi connectivity index (χ3v) is 12.7. The topological polar surface area (TPSA) is 167 Å². The SMILES string of the molecule is C[C@H](CCC(=O)NCCS(=O)(=O)O)[C@H]1CC[C@H]2C3[C@@H](O)CC4C[C@H](OC(=O)CCCC(=O)O)CC[C@]4(C)[C@H]3CC[C@]12C. The number of carbonyl (C=O) groups excluding carboxylic acids is 2. The summed E-state index contributed by atoms with van der Waals surface area (Å²) < 4.78 is 36.4. The van der Waals surface area contributed by atoms with Gasteiger partial charge < -0.3 is 20.3 Å². The molecular weight excluding hydrogens is 562 g/mol. The number of fused-ring (bicyclic) bond motifs is 5. The van der Waals surface area contributed by atoms with E-state index < -0.39 is 21.8 Å². The fraction of sp³-hybridized carbons (Fsp3) is 0.903. The summed E-state index contributed by atoms with van der Waals surface area (Å²) >= 11 is 0. The number of carboxylic acid groups (broad SMARTS) is 1. The van der Waals surface area contributed by atoms with E-state index in [2.05, 4.69) is 26.1 Å². The molecule has 240 valence electrons. The van der Waals surface area contributed by atoms with Crippen LogP contribution in [-0.4, -0.2) is 65.5 Å². The van der Waals surface area contributed by atoms with Crippen LogP contribution >= 0.6 is 0 Å². The van der Waals surface area contributed by atoms with Gasteiger partial charge in [0, 0.05) is 25.8 Å². The van der Waals surface area contributed by atoms with Crippen LogP contribution < -0.4 is 5.32 Å². The lowest BCUT2D eigenvalue weighted by molar-refractivity contribution is -0.183. The van der Waals surface area contributed by atoms with Crippen molar-refractivity contribution in [3.8, 4) is 0 Å². The normalized spacial score (nSPS) is 38.5. The van der Waals surface area contributed by atoms with Gasteiger partial charge in [0.05, 0.1) is 11.9 Å². The maximum atomic E-state index is 12.3. The van der Waals surface area contributed by atoms with E-state index >= 15 is 0 Å². The lowest BCUT2D eigenvalue weighted by atomic mass is 9.43. The first-order chi connectivity index (χ1) is 19.6. The van der Waals surface area contributed by atoms with E-state index in [1.807, 2.05) is 0 Å². The molecule has 42 heavy (non-hydrogen) atoms. The quantitative estimate of drug-likeness (QED) is 0.186. The van der Waals surface area contributed by atoms with Crippen LogP contribution in [0.2, 0.25) is 0 Å². The first-order valence-electron chi connectivity index (χ1n) is 15.9. The first-order valence-corrected chi connectivity index (χ1v) is 17.6. The summed E-state index contributed by atoms with van der Waals surface area (Å²) in [6.45, 7) is 6.92. The number of carboxylic acids is 1. The minimum Gasteiger partial charge on any atom is -0.481 e. The van der Waals surface area contributed by atoms with Gasteiger partial charge in [0.25, 0.3) is 10.1 Å². The number of rotatable bonds is 12. The number of aliphatic carboxylic acids is 1. The molecule has 0 aromatic heterocycles. The first kappa shape index (κ1) is 33.2. The molecule has 11 heteroatoms.